The zero-order valence-electron chi connectivity index (χ0n) is 8.39. The molecule has 0 fully saturated rings. The minimum atomic E-state index is -0.454. The molecule has 0 unspecified atom stereocenters. The van der Waals surface area contributed by atoms with Crippen LogP contribution in [0.4, 0.5) is 4.39 Å². The van der Waals surface area contributed by atoms with Gasteiger partial charge in [0.1, 0.15) is 23.2 Å². The molecule has 1 aromatic carbocycles. The maximum Gasteiger partial charge on any atom is 0.256 e. The van der Waals surface area contributed by atoms with Crippen LogP contribution in [-0.2, 0) is 0 Å². The van der Waals surface area contributed by atoms with E-state index in [0.717, 1.165) is 0 Å². The molecule has 0 spiro atoms. The van der Waals surface area contributed by atoms with Crippen LogP contribution in [0.1, 0.15) is 5.56 Å². The Morgan fingerprint density at radius 3 is 2.88 bits per heavy atom. The minimum absolute atomic E-state index is 0.0525. The Hall–Kier alpha value is -2.00. The third kappa shape index (κ3) is 2.57. The smallest absolute Gasteiger partial charge is 0.256 e. The standard InChI is InChI=1S/C11H5BrFN3O/c12-9-2-1-8(5-10(9)13)17-11-7(6-14)3-4-15-16-11/h1-5H. The number of nitriles is 1. The summed E-state index contributed by atoms with van der Waals surface area (Å²) in [6.45, 7) is 0. The van der Waals surface area contributed by atoms with E-state index in [-0.39, 0.29) is 17.2 Å². The van der Waals surface area contributed by atoms with Crippen molar-refractivity contribution in [2.24, 2.45) is 0 Å². The zero-order chi connectivity index (χ0) is 12.3. The molecule has 6 heteroatoms. The molecule has 0 aliphatic carbocycles. The van der Waals surface area contributed by atoms with Gasteiger partial charge in [0.15, 0.2) is 0 Å². The number of hydrogen-bond acceptors (Lipinski definition) is 4. The first-order chi connectivity index (χ1) is 8.20. The van der Waals surface area contributed by atoms with E-state index < -0.39 is 5.82 Å². The van der Waals surface area contributed by atoms with E-state index in [9.17, 15) is 4.39 Å². The molecule has 0 saturated carbocycles. The second-order valence-corrected chi connectivity index (χ2v) is 3.89. The van der Waals surface area contributed by atoms with Crippen molar-refractivity contribution in [2.45, 2.75) is 0 Å². The molecule has 2 aromatic rings. The highest BCUT2D eigenvalue weighted by Gasteiger charge is 2.08. The van der Waals surface area contributed by atoms with Crippen LogP contribution in [0.2, 0.25) is 0 Å². The molecule has 0 bridgehead atoms. The van der Waals surface area contributed by atoms with E-state index in [1.165, 1.54) is 24.4 Å². The molecule has 0 radical (unpaired) electrons. The average Bonchev–Trinajstić information content (AvgIpc) is 2.34. The van der Waals surface area contributed by atoms with Crippen LogP contribution in [0, 0.1) is 17.1 Å². The van der Waals surface area contributed by atoms with Crippen LogP contribution in [0.15, 0.2) is 34.9 Å². The first-order valence-electron chi connectivity index (χ1n) is 4.55. The van der Waals surface area contributed by atoms with Crippen LogP contribution in [0.25, 0.3) is 0 Å². The van der Waals surface area contributed by atoms with Crippen molar-refractivity contribution in [3.05, 3.63) is 46.3 Å². The predicted molar refractivity (Wildman–Crippen MR) is 60.9 cm³/mol. The minimum Gasteiger partial charge on any atom is -0.436 e. The highest BCUT2D eigenvalue weighted by Crippen LogP contribution is 2.25. The predicted octanol–water partition coefficient (Wildman–Crippen LogP) is 3.04. The first kappa shape index (κ1) is 11.5. The van der Waals surface area contributed by atoms with Gasteiger partial charge in [0, 0.05) is 6.07 Å². The zero-order valence-corrected chi connectivity index (χ0v) is 9.98. The summed E-state index contributed by atoms with van der Waals surface area (Å²) in [5, 5.41) is 16.1. The number of benzene rings is 1. The van der Waals surface area contributed by atoms with Crippen molar-refractivity contribution in [3.63, 3.8) is 0 Å². The van der Waals surface area contributed by atoms with Crippen LogP contribution < -0.4 is 4.74 Å². The quantitative estimate of drug-likeness (QED) is 0.854. The molecule has 0 aliphatic heterocycles. The van der Waals surface area contributed by atoms with Crippen LogP contribution >= 0.6 is 15.9 Å². The lowest BCUT2D eigenvalue weighted by Gasteiger charge is -2.05. The van der Waals surface area contributed by atoms with E-state index in [0.29, 0.717) is 4.47 Å². The van der Waals surface area contributed by atoms with Crippen molar-refractivity contribution >= 4 is 15.9 Å². The normalized spacial score (nSPS) is 9.71. The molecular weight excluding hydrogens is 289 g/mol. The van der Waals surface area contributed by atoms with E-state index in [1.807, 2.05) is 6.07 Å². The van der Waals surface area contributed by atoms with Crippen LogP contribution in [-0.4, -0.2) is 10.2 Å². The fourth-order valence-electron chi connectivity index (χ4n) is 1.13. The van der Waals surface area contributed by atoms with Gasteiger partial charge in [-0.25, -0.2) is 4.39 Å². The van der Waals surface area contributed by atoms with Gasteiger partial charge in [-0.3, -0.25) is 0 Å². The van der Waals surface area contributed by atoms with Gasteiger partial charge in [-0.2, -0.15) is 10.4 Å². The van der Waals surface area contributed by atoms with Gasteiger partial charge >= 0.3 is 0 Å². The van der Waals surface area contributed by atoms with Gasteiger partial charge in [-0.05, 0) is 34.1 Å². The number of aromatic nitrogens is 2. The second kappa shape index (κ2) is 4.89. The molecule has 0 saturated heterocycles. The Balaban J connectivity index is 2.32. The van der Waals surface area contributed by atoms with Gasteiger partial charge < -0.3 is 4.74 Å². The molecule has 0 amide bonds. The van der Waals surface area contributed by atoms with Crippen molar-refractivity contribution < 1.29 is 9.13 Å². The van der Waals surface area contributed by atoms with Gasteiger partial charge in [0.2, 0.25) is 0 Å². The molecule has 17 heavy (non-hydrogen) atoms. The Morgan fingerprint density at radius 2 is 2.18 bits per heavy atom. The number of rotatable bonds is 2. The molecule has 84 valence electrons. The van der Waals surface area contributed by atoms with E-state index in [1.54, 1.807) is 6.07 Å². The van der Waals surface area contributed by atoms with Crippen molar-refractivity contribution in [1.29, 1.82) is 5.26 Å². The fraction of sp³-hybridized carbons (Fsp3) is 0. The molecule has 1 aromatic heterocycles. The number of ether oxygens (including phenoxy) is 1. The Morgan fingerprint density at radius 1 is 1.35 bits per heavy atom. The Kier molecular flexibility index (Phi) is 3.30. The summed E-state index contributed by atoms with van der Waals surface area (Å²) >= 11 is 3.03. The molecule has 2 rings (SSSR count). The lowest BCUT2D eigenvalue weighted by atomic mass is 10.3. The maximum atomic E-state index is 13.2. The highest BCUT2D eigenvalue weighted by molar-refractivity contribution is 9.10. The van der Waals surface area contributed by atoms with Crippen molar-refractivity contribution in [2.75, 3.05) is 0 Å². The van der Waals surface area contributed by atoms with Crippen molar-refractivity contribution in [3.8, 4) is 17.7 Å². The SMILES string of the molecule is N#Cc1ccnnc1Oc1ccc(Br)c(F)c1. The molecule has 0 atom stereocenters. The van der Waals surface area contributed by atoms with Crippen LogP contribution in [0.5, 0.6) is 11.6 Å². The van der Waals surface area contributed by atoms with Gasteiger partial charge in [0.25, 0.3) is 5.88 Å². The summed E-state index contributed by atoms with van der Waals surface area (Å²) in [6, 6.07) is 7.64. The first-order valence-corrected chi connectivity index (χ1v) is 5.34. The van der Waals surface area contributed by atoms with E-state index in [4.69, 9.17) is 10.00 Å². The summed E-state index contributed by atoms with van der Waals surface area (Å²) in [6.07, 6.45) is 1.38. The molecule has 0 N–H and O–H groups in total. The van der Waals surface area contributed by atoms with Gasteiger partial charge in [0.05, 0.1) is 10.7 Å². The van der Waals surface area contributed by atoms with Gasteiger partial charge in [-0.1, -0.05) is 0 Å². The maximum absolute atomic E-state index is 13.2. The van der Waals surface area contributed by atoms with E-state index >= 15 is 0 Å². The summed E-state index contributed by atoms with van der Waals surface area (Å²) in [5.41, 5.74) is 0.239. The Bertz CT molecular complexity index is 598. The molecule has 0 aliphatic rings. The highest BCUT2D eigenvalue weighted by atomic mass is 79.9. The van der Waals surface area contributed by atoms with Crippen molar-refractivity contribution in [1.82, 2.24) is 10.2 Å². The third-order valence-electron chi connectivity index (χ3n) is 1.91. The topological polar surface area (TPSA) is 58.8 Å². The fourth-order valence-corrected chi connectivity index (χ4v) is 1.38. The Labute approximate surface area is 105 Å². The average molecular weight is 294 g/mol. The summed E-state index contributed by atoms with van der Waals surface area (Å²) in [7, 11) is 0. The summed E-state index contributed by atoms with van der Waals surface area (Å²) in [5.74, 6) is -0.149. The van der Waals surface area contributed by atoms with Crippen LogP contribution in [0.3, 0.4) is 0 Å². The summed E-state index contributed by atoms with van der Waals surface area (Å²) in [4.78, 5) is 0. The second-order valence-electron chi connectivity index (χ2n) is 3.04. The number of hydrogen-bond donors (Lipinski definition) is 0. The largest absolute Gasteiger partial charge is 0.436 e. The number of halogens is 2. The third-order valence-corrected chi connectivity index (χ3v) is 2.56. The molecule has 1 heterocycles. The molecule has 4 nitrogen and oxygen atoms in total. The van der Waals surface area contributed by atoms with Gasteiger partial charge in [-0.15, -0.1) is 5.10 Å². The monoisotopic (exact) mass is 293 g/mol. The lowest BCUT2D eigenvalue weighted by molar-refractivity contribution is 0.448. The molecular formula is C11H5BrFN3O. The van der Waals surface area contributed by atoms with E-state index in [2.05, 4.69) is 26.1 Å². The summed E-state index contributed by atoms with van der Waals surface area (Å²) < 4.78 is 18.9. The number of nitrogens with zero attached hydrogens (tertiary/aromatic N) is 3. The lowest BCUT2D eigenvalue weighted by Crippen LogP contribution is -1.94.